The zero-order chi connectivity index (χ0) is 20.4. The lowest BCUT2D eigenvalue weighted by Gasteiger charge is -2.11. The highest BCUT2D eigenvalue weighted by atomic mass is 35.5. The van der Waals surface area contributed by atoms with Crippen LogP contribution in [0.2, 0.25) is 5.02 Å². The molecular weight excluding hydrogens is 430 g/mol. The number of hydrogen-bond acceptors (Lipinski definition) is 6. The van der Waals surface area contributed by atoms with Crippen molar-refractivity contribution in [2.45, 2.75) is 17.7 Å². The van der Waals surface area contributed by atoms with Crippen LogP contribution in [0.15, 0.2) is 53.5 Å². The van der Waals surface area contributed by atoms with Gasteiger partial charge in [-0.2, -0.15) is 0 Å². The van der Waals surface area contributed by atoms with Crippen molar-refractivity contribution in [1.29, 1.82) is 0 Å². The van der Waals surface area contributed by atoms with Crippen LogP contribution in [-0.2, 0) is 16.3 Å². The minimum Gasteiger partial charge on any atom is -0.352 e. The lowest BCUT2D eigenvalue weighted by Crippen LogP contribution is -2.25. The number of halogens is 1. The Morgan fingerprint density at radius 1 is 1.17 bits per heavy atom. The van der Waals surface area contributed by atoms with Crippen molar-refractivity contribution in [3.63, 3.8) is 0 Å². The number of amidine groups is 1. The van der Waals surface area contributed by atoms with Gasteiger partial charge in [0, 0.05) is 17.4 Å². The molecule has 0 bridgehead atoms. The number of anilines is 1. The fraction of sp³-hybridized carbons (Fsp3) is 0.300. The van der Waals surface area contributed by atoms with Gasteiger partial charge in [0.2, 0.25) is 0 Å². The van der Waals surface area contributed by atoms with E-state index in [1.807, 2.05) is 30.3 Å². The van der Waals surface area contributed by atoms with Crippen molar-refractivity contribution in [3.05, 3.63) is 64.7 Å². The highest BCUT2D eigenvalue weighted by molar-refractivity contribution is 8.15. The lowest BCUT2D eigenvalue weighted by molar-refractivity contribution is 0.0954. The summed E-state index contributed by atoms with van der Waals surface area (Å²) < 4.78 is 23.4. The molecule has 2 atom stereocenters. The van der Waals surface area contributed by atoms with Crippen LogP contribution in [-0.4, -0.2) is 48.8 Å². The van der Waals surface area contributed by atoms with Gasteiger partial charge >= 0.3 is 0 Å². The molecule has 0 radical (unpaired) electrons. The summed E-state index contributed by atoms with van der Waals surface area (Å²) in [6.07, 6.45) is 0.754. The lowest BCUT2D eigenvalue weighted by atomic mass is 10.1. The number of carbonyl (C=O) groups is 1. The number of amides is 1. The van der Waals surface area contributed by atoms with Gasteiger partial charge in [0.15, 0.2) is 15.0 Å². The molecule has 9 heteroatoms. The molecule has 152 valence electrons. The minimum absolute atomic E-state index is 0.0502. The predicted molar refractivity (Wildman–Crippen MR) is 119 cm³/mol. The summed E-state index contributed by atoms with van der Waals surface area (Å²) in [5.74, 6) is 0.0619. The molecule has 6 nitrogen and oxygen atoms in total. The first kappa shape index (κ1) is 20.3. The molecule has 2 aromatic rings. The number of fused-ring (bicyclic) bond motifs is 1. The van der Waals surface area contributed by atoms with Gasteiger partial charge in [-0.3, -0.25) is 9.79 Å². The van der Waals surface area contributed by atoms with Crippen molar-refractivity contribution in [3.8, 4) is 0 Å². The third kappa shape index (κ3) is 4.94. The minimum atomic E-state index is -2.99. The van der Waals surface area contributed by atoms with E-state index in [9.17, 15) is 13.2 Å². The average molecular weight is 450 g/mol. The number of thioether (sulfide) groups is 1. The molecule has 0 aromatic heterocycles. The van der Waals surface area contributed by atoms with Crippen molar-refractivity contribution in [1.82, 2.24) is 5.32 Å². The summed E-state index contributed by atoms with van der Waals surface area (Å²) in [5, 5.41) is 7.12. The van der Waals surface area contributed by atoms with Crippen LogP contribution in [0.3, 0.4) is 0 Å². The number of carbonyl (C=O) groups excluding carboxylic acids is 1. The topological polar surface area (TPSA) is 87.6 Å². The van der Waals surface area contributed by atoms with Crippen LogP contribution in [0.5, 0.6) is 0 Å². The Morgan fingerprint density at radius 3 is 2.72 bits per heavy atom. The Balaban J connectivity index is 1.38. The van der Waals surface area contributed by atoms with Crippen LogP contribution in [0.25, 0.3) is 0 Å². The monoisotopic (exact) mass is 449 g/mol. The van der Waals surface area contributed by atoms with E-state index in [0.29, 0.717) is 28.0 Å². The summed E-state index contributed by atoms with van der Waals surface area (Å²) in [6.45, 7) is 0.536. The fourth-order valence-corrected chi connectivity index (χ4v) is 7.19. The zero-order valence-electron chi connectivity index (χ0n) is 15.5. The summed E-state index contributed by atoms with van der Waals surface area (Å²) in [4.78, 5) is 17.0. The highest BCUT2D eigenvalue weighted by Gasteiger charge is 2.42. The van der Waals surface area contributed by atoms with Crippen molar-refractivity contribution in [2.24, 2.45) is 4.99 Å². The molecule has 2 heterocycles. The molecule has 0 aliphatic carbocycles. The van der Waals surface area contributed by atoms with E-state index in [2.05, 4.69) is 15.6 Å². The Labute approximate surface area is 179 Å². The van der Waals surface area contributed by atoms with Gasteiger partial charge in [0.1, 0.15) is 0 Å². The van der Waals surface area contributed by atoms with Crippen LogP contribution in [0, 0.1) is 0 Å². The number of benzene rings is 2. The van der Waals surface area contributed by atoms with Gasteiger partial charge in [-0.1, -0.05) is 53.7 Å². The van der Waals surface area contributed by atoms with Crippen molar-refractivity contribution >= 4 is 50.0 Å². The quantitative estimate of drug-likeness (QED) is 0.732. The summed E-state index contributed by atoms with van der Waals surface area (Å²) in [6, 6.07) is 14.8. The van der Waals surface area contributed by atoms with Gasteiger partial charge < -0.3 is 10.6 Å². The first-order valence-electron chi connectivity index (χ1n) is 9.23. The molecule has 2 aliphatic rings. The highest BCUT2D eigenvalue weighted by Crippen LogP contribution is 2.35. The van der Waals surface area contributed by atoms with E-state index in [4.69, 9.17) is 11.6 Å². The average Bonchev–Trinajstić information content (AvgIpc) is 3.16. The molecule has 0 saturated carbocycles. The molecular formula is C20H20ClN3O3S2. The Kier molecular flexibility index (Phi) is 5.85. The number of sulfone groups is 1. The summed E-state index contributed by atoms with van der Waals surface area (Å²) in [5.41, 5.74) is 2.24. The molecule has 2 N–H and O–H groups in total. The smallest absolute Gasteiger partial charge is 0.251 e. The largest absolute Gasteiger partial charge is 0.352 e. The molecule has 29 heavy (non-hydrogen) atoms. The van der Waals surface area contributed by atoms with E-state index >= 15 is 0 Å². The van der Waals surface area contributed by atoms with Crippen molar-refractivity contribution in [2.75, 3.05) is 23.4 Å². The van der Waals surface area contributed by atoms with Gasteiger partial charge in [-0.05, 0) is 30.2 Å². The number of nitrogens with one attached hydrogen (secondary N) is 2. The van der Waals surface area contributed by atoms with Crippen LogP contribution in [0.1, 0.15) is 15.9 Å². The SMILES string of the molecule is O=C(NCCc1ccccc1)c1ccc(Cl)c(NC2=N[C@@H]3CS(=O)(=O)C[C@@H]3S2)c1. The van der Waals surface area contributed by atoms with Gasteiger partial charge in [-0.15, -0.1) is 0 Å². The number of rotatable bonds is 5. The molecule has 4 rings (SSSR count). The van der Waals surface area contributed by atoms with Crippen LogP contribution >= 0.6 is 23.4 Å². The Bertz CT molecular complexity index is 1060. The zero-order valence-corrected chi connectivity index (χ0v) is 17.9. The van der Waals surface area contributed by atoms with Gasteiger partial charge in [-0.25, -0.2) is 8.42 Å². The summed E-state index contributed by atoms with van der Waals surface area (Å²) >= 11 is 7.69. The third-order valence-electron chi connectivity index (χ3n) is 4.83. The Morgan fingerprint density at radius 2 is 1.97 bits per heavy atom. The van der Waals surface area contributed by atoms with E-state index in [-0.39, 0.29) is 28.7 Å². The summed E-state index contributed by atoms with van der Waals surface area (Å²) in [7, 11) is -2.99. The van der Waals surface area contributed by atoms with Gasteiger partial charge in [0.05, 0.1) is 28.3 Å². The van der Waals surface area contributed by atoms with E-state index < -0.39 is 9.84 Å². The first-order chi connectivity index (χ1) is 13.9. The van der Waals surface area contributed by atoms with E-state index in [1.165, 1.54) is 11.8 Å². The van der Waals surface area contributed by atoms with Crippen LogP contribution < -0.4 is 10.6 Å². The van der Waals surface area contributed by atoms with E-state index in [0.717, 1.165) is 12.0 Å². The predicted octanol–water partition coefficient (Wildman–Crippen LogP) is 2.99. The second-order valence-electron chi connectivity index (χ2n) is 7.05. The maximum atomic E-state index is 12.5. The molecule has 1 saturated heterocycles. The number of aliphatic imine (C=N–C) groups is 1. The van der Waals surface area contributed by atoms with Crippen LogP contribution in [0.4, 0.5) is 5.69 Å². The second-order valence-corrected chi connectivity index (χ2v) is 10.8. The Hall–Kier alpha value is -2.03. The maximum Gasteiger partial charge on any atom is 0.251 e. The number of nitrogens with zero attached hydrogens (tertiary/aromatic N) is 1. The molecule has 0 unspecified atom stereocenters. The van der Waals surface area contributed by atoms with Crippen molar-refractivity contribution < 1.29 is 13.2 Å². The second kappa shape index (κ2) is 8.38. The van der Waals surface area contributed by atoms with Gasteiger partial charge in [0.25, 0.3) is 5.91 Å². The normalized spacial score (nSPS) is 22.0. The molecule has 1 fully saturated rings. The third-order valence-corrected chi connectivity index (χ3v) is 8.30. The molecule has 0 spiro atoms. The number of hydrogen-bond donors (Lipinski definition) is 2. The first-order valence-corrected chi connectivity index (χ1v) is 12.3. The molecule has 1 amide bonds. The maximum absolute atomic E-state index is 12.5. The fourth-order valence-electron chi connectivity index (χ4n) is 3.36. The van der Waals surface area contributed by atoms with E-state index in [1.54, 1.807) is 18.2 Å². The molecule has 2 aromatic carbocycles. The molecule has 2 aliphatic heterocycles. The standard InChI is InChI=1S/C20H20ClN3O3S2/c21-15-7-6-14(19(25)22-9-8-13-4-2-1-3-5-13)10-16(15)23-20-24-17-11-29(26,27)12-18(17)28-20/h1-7,10,17-18H,8-9,11-12H2,(H,22,25)(H,23,24)/t17-,18+/m1/s1.